The predicted molar refractivity (Wildman–Crippen MR) is 208 cm³/mol. The summed E-state index contributed by atoms with van der Waals surface area (Å²) in [5.74, 6) is -8.65. The summed E-state index contributed by atoms with van der Waals surface area (Å²) in [4.78, 5) is 51.1. The molecule has 1 aliphatic heterocycles. The number of benzene rings is 2. The maximum Gasteiger partial charge on any atom is 0.433 e. The number of nitrogens with zero attached hydrogens (tertiary/aromatic N) is 5. The Hall–Kier alpha value is -4.87. The third-order valence-electron chi connectivity index (χ3n) is 10.7. The van der Waals surface area contributed by atoms with Gasteiger partial charge in [-0.15, -0.1) is 0 Å². The van der Waals surface area contributed by atoms with Gasteiger partial charge in [-0.1, -0.05) is 18.9 Å². The molecule has 63 heavy (non-hydrogen) atoms. The number of amides is 2. The average molecular weight is 905 g/mol. The van der Waals surface area contributed by atoms with Gasteiger partial charge in [0.2, 0.25) is 11.7 Å². The Bertz CT molecular complexity index is 2050. The lowest BCUT2D eigenvalue weighted by atomic mass is 9.80. The van der Waals surface area contributed by atoms with Crippen molar-refractivity contribution in [3.8, 4) is 17.0 Å². The van der Waals surface area contributed by atoms with Crippen molar-refractivity contribution in [1.82, 2.24) is 24.9 Å². The number of hydrazine groups is 1. The lowest BCUT2D eigenvalue weighted by Crippen LogP contribution is -2.69. The second-order valence-electron chi connectivity index (χ2n) is 14.8. The number of ketones is 1. The zero-order valence-electron chi connectivity index (χ0n) is 34.8. The highest BCUT2D eigenvalue weighted by molar-refractivity contribution is 6.25. The third kappa shape index (κ3) is 12.2. The molecule has 22 heteroatoms. The predicted octanol–water partition coefficient (Wildman–Crippen LogP) is 5.79. The Labute approximate surface area is 357 Å². The highest BCUT2D eigenvalue weighted by atomic mass is 19.4. The number of aromatic nitrogens is 2. The van der Waals surface area contributed by atoms with E-state index in [0.29, 0.717) is 63.8 Å². The van der Waals surface area contributed by atoms with Crippen LogP contribution in [0.1, 0.15) is 42.5 Å². The van der Waals surface area contributed by atoms with Crippen LogP contribution in [0.3, 0.4) is 0 Å². The largest absolute Gasteiger partial charge is 0.488 e. The van der Waals surface area contributed by atoms with Crippen LogP contribution in [0, 0.1) is 17.6 Å². The summed E-state index contributed by atoms with van der Waals surface area (Å²) in [7, 11) is 5.00. The molecule has 2 fully saturated rings. The molecule has 1 spiro atoms. The highest BCUT2D eigenvalue weighted by Gasteiger charge is 2.58. The molecule has 2 aliphatic rings. The molecule has 1 atom stereocenters. The minimum absolute atomic E-state index is 0.0186. The molecule has 14 nitrogen and oxygen atoms in total. The van der Waals surface area contributed by atoms with Crippen LogP contribution in [0.15, 0.2) is 42.7 Å². The number of rotatable bonds is 21. The van der Waals surface area contributed by atoms with Gasteiger partial charge in [-0.2, -0.15) is 30.7 Å². The quantitative estimate of drug-likeness (QED) is 0.0785. The van der Waals surface area contributed by atoms with Crippen LogP contribution in [0.5, 0.6) is 5.75 Å². The molecule has 5 rings (SSSR count). The molecule has 3 aromatic rings. The fourth-order valence-electron chi connectivity index (χ4n) is 7.22. The molecule has 1 N–H and O–H groups in total. The number of Topliss-reactive ketones (excluding diaryl/α,β-unsaturated/α-hetero) is 1. The lowest BCUT2D eigenvalue weighted by Gasteiger charge is -2.49. The van der Waals surface area contributed by atoms with E-state index in [4.69, 9.17) is 23.7 Å². The summed E-state index contributed by atoms with van der Waals surface area (Å²) < 4.78 is 140. The first-order valence-electron chi connectivity index (χ1n) is 19.9. The normalized spacial score (nSPS) is 17.0. The van der Waals surface area contributed by atoms with E-state index < -0.39 is 93.5 Å². The van der Waals surface area contributed by atoms with Crippen molar-refractivity contribution >= 4 is 23.3 Å². The molecule has 1 saturated heterocycles. The second kappa shape index (κ2) is 21.7. The summed E-state index contributed by atoms with van der Waals surface area (Å²) in [6.45, 7) is 3.16. The van der Waals surface area contributed by atoms with Crippen LogP contribution in [-0.2, 0) is 52.2 Å². The number of likely N-dealkylation sites (N-methyl/N-ethyl adjacent to an activating group) is 2. The van der Waals surface area contributed by atoms with E-state index in [1.165, 1.54) is 18.1 Å². The van der Waals surface area contributed by atoms with Crippen molar-refractivity contribution < 1.29 is 73.2 Å². The summed E-state index contributed by atoms with van der Waals surface area (Å²) in [5.41, 5.74) is -6.33. The van der Waals surface area contributed by atoms with Crippen LogP contribution < -0.4 is 10.1 Å². The first-order chi connectivity index (χ1) is 29.9. The van der Waals surface area contributed by atoms with Gasteiger partial charge in [0.05, 0.1) is 75.3 Å². The Morgan fingerprint density at radius 1 is 0.841 bits per heavy atom. The van der Waals surface area contributed by atoms with Gasteiger partial charge in [0.15, 0.2) is 23.3 Å². The number of carbonyl (C=O) groups is 3. The zero-order chi connectivity index (χ0) is 46.0. The zero-order valence-corrected chi connectivity index (χ0v) is 34.8. The first kappa shape index (κ1) is 49.2. The average Bonchev–Trinajstić information content (AvgIpc) is 3.74. The Balaban J connectivity index is 1.23. The smallest absolute Gasteiger partial charge is 0.433 e. The van der Waals surface area contributed by atoms with Gasteiger partial charge in [0, 0.05) is 38.4 Å². The van der Waals surface area contributed by atoms with E-state index in [-0.39, 0.29) is 44.8 Å². The minimum Gasteiger partial charge on any atom is -0.488 e. The minimum atomic E-state index is -5.01. The van der Waals surface area contributed by atoms with Crippen LogP contribution in [0.4, 0.5) is 40.8 Å². The molecule has 2 heterocycles. The number of nitrogens with one attached hydrogen (secondary N) is 1. The number of hydrogen-bond acceptors (Lipinski definition) is 12. The van der Waals surface area contributed by atoms with Crippen molar-refractivity contribution in [3.63, 3.8) is 0 Å². The number of methoxy groups -OCH3 is 1. The van der Waals surface area contributed by atoms with Gasteiger partial charge in [0.25, 0.3) is 5.91 Å². The maximum atomic E-state index is 15.6. The second-order valence-corrected chi connectivity index (χ2v) is 14.8. The summed E-state index contributed by atoms with van der Waals surface area (Å²) in [5, 5.41) is 4.47. The van der Waals surface area contributed by atoms with Gasteiger partial charge in [0.1, 0.15) is 18.6 Å². The topological polar surface area (TPSA) is 145 Å². The van der Waals surface area contributed by atoms with E-state index in [0.717, 1.165) is 30.2 Å². The van der Waals surface area contributed by atoms with Gasteiger partial charge in [-0.25, -0.2) is 19.4 Å². The number of carbonyl (C=O) groups excluding carboxylic acids is 3. The van der Waals surface area contributed by atoms with Crippen molar-refractivity contribution in [3.05, 3.63) is 71.2 Å². The summed E-state index contributed by atoms with van der Waals surface area (Å²) in [6, 6.07) is 4.46. The number of anilines is 1. The molecular weight excluding hydrogens is 856 g/mol. The van der Waals surface area contributed by atoms with Gasteiger partial charge in [-0.05, 0) is 50.2 Å². The van der Waals surface area contributed by atoms with E-state index in [1.807, 2.05) is 7.05 Å². The van der Waals surface area contributed by atoms with E-state index in [9.17, 15) is 40.7 Å². The number of halogens is 8. The van der Waals surface area contributed by atoms with E-state index in [1.54, 1.807) is 7.11 Å². The monoisotopic (exact) mass is 904 g/mol. The van der Waals surface area contributed by atoms with Crippen LogP contribution in [0.25, 0.3) is 11.3 Å². The molecule has 2 aromatic carbocycles. The SMILES string of the molecule is COCCN(C)CCOCCOCCOCCOc1ccc(CN2C(=O)C(C(=O)Nc3ccc(C(F)(F)F)cc3-c3cc(C(F)(F)F)ncn3)C(=O)C3(CCCC3)N2C)c(F)c1F. The van der Waals surface area contributed by atoms with Crippen molar-refractivity contribution in [2.24, 2.45) is 5.92 Å². The van der Waals surface area contributed by atoms with Gasteiger partial charge < -0.3 is 33.9 Å². The number of ether oxygens (including phenoxy) is 5. The molecule has 2 amide bonds. The fourth-order valence-corrected chi connectivity index (χ4v) is 7.22. The van der Waals surface area contributed by atoms with E-state index >= 15 is 8.78 Å². The number of alkyl halides is 6. The summed E-state index contributed by atoms with van der Waals surface area (Å²) in [6.07, 6.45) is -8.15. The van der Waals surface area contributed by atoms with Gasteiger partial charge >= 0.3 is 12.4 Å². The number of hydrogen-bond donors (Lipinski definition) is 1. The molecular formula is C41H48F8N6O8. The molecule has 346 valence electrons. The van der Waals surface area contributed by atoms with Crippen LogP contribution >= 0.6 is 0 Å². The molecule has 1 aromatic heterocycles. The Kier molecular flexibility index (Phi) is 16.9. The lowest BCUT2D eigenvalue weighted by molar-refractivity contribution is -0.186. The standard InChI is InChI=1S/C41H48F8N6O8/c1-53(12-14-59-3)13-15-60-16-17-61-18-19-62-20-21-63-31-9-6-26(34(42)35(31)43)24-55-38(58)33(36(56)39(54(55)2)10-4-5-11-39)37(57)52-29-8-7-27(40(44,45)46)22-28(29)30-23-32(41(47,48)49)51-25-50-30/h6-9,22-23,25,33H,4-5,10-21,24H2,1-3H3,(H,52,57). The van der Waals surface area contributed by atoms with Crippen molar-refractivity contribution in [2.45, 2.75) is 50.1 Å². The Morgan fingerprint density at radius 2 is 1.48 bits per heavy atom. The molecule has 0 bridgehead atoms. The molecule has 1 saturated carbocycles. The summed E-state index contributed by atoms with van der Waals surface area (Å²) >= 11 is 0. The van der Waals surface area contributed by atoms with Crippen LogP contribution in [-0.4, -0.2) is 135 Å². The fraction of sp³-hybridized carbons (Fsp3) is 0.537. The van der Waals surface area contributed by atoms with Crippen LogP contribution in [0.2, 0.25) is 0 Å². The van der Waals surface area contributed by atoms with Crippen molar-refractivity contribution in [2.75, 3.05) is 92.5 Å². The Morgan fingerprint density at radius 3 is 2.11 bits per heavy atom. The molecule has 0 radical (unpaired) electrons. The molecule has 1 aliphatic carbocycles. The molecule has 1 unspecified atom stereocenters. The van der Waals surface area contributed by atoms with Gasteiger partial charge in [-0.3, -0.25) is 19.4 Å². The maximum absolute atomic E-state index is 15.6. The first-order valence-corrected chi connectivity index (χ1v) is 19.9. The van der Waals surface area contributed by atoms with Crippen molar-refractivity contribution in [1.29, 1.82) is 0 Å². The third-order valence-corrected chi connectivity index (χ3v) is 10.7. The van der Waals surface area contributed by atoms with E-state index in [2.05, 4.69) is 20.2 Å². The highest BCUT2D eigenvalue weighted by Crippen LogP contribution is 2.43.